The second-order valence-electron chi connectivity index (χ2n) is 5.92. The summed E-state index contributed by atoms with van der Waals surface area (Å²) in [5.41, 5.74) is 3.07. The number of aryl methyl sites for hydroxylation is 1. The van der Waals surface area contributed by atoms with Crippen molar-refractivity contribution in [1.82, 2.24) is 5.32 Å². The van der Waals surface area contributed by atoms with Crippen LogP contribution in [-0.2, 0) is 20.4 Å². The summed E-state index contributed by atoms with van der Waals surface area (Å²) in [6, 6.07) is 14.6. The van der Waals surface area contributed by atoms with Crippen molar-refractivity contribution >= 4 is 27.5 Å². The highest BCUT2D eigenvalue weighted by Gasteiger charge is 2.34. The van der Waals surface area contributed by atoms with E-state index < -0.39 is 15.9 Å². The van der Waals surface area contributed by atoms with E-state index >= 15 is 0 Å². The molecule has 1 aliphatic rings. The predicted octanol–water partition coefficient (Wildman–Crippen LogP) is 2.87. The van der Waals surface area contributed by atoms with Gasteiger partial charge in [-0.2, -0.15) is 0 Å². The molecule has 0 unspecified atom stereocenters. The summed E-state index contributed by atoms with van der Waals surface area (Å²) in [5.74, 6) is 0.881. The second-order valence-corrected chi connectivity index (χ2v) is 8.91. The second kappa shape index (κ2) is 6.99. The van der Waals surface area contributed by atoms with Gasteiger partial charge in [-0.25, -0.2) is 8.42 Å². The van der Waals surface area contributed by atoms with Gasteiger partial charge >= 0.3 is 0 Å². The summed E-state index contributed by atoms with van der Waals surface area (Å²) >= 11 is 1.53. The smallest absolute Gasteiger partial charge is 0.230 e. The van der Waals surface area contributed by atoms with Crippen LogP contribution < -0.4 is 5.32 Å². The maximum atomic E-state index is 12.2. The standard InChI is InChI=1S/C18H19NO3S2/c1-13-5-4-6-14(9-13)10-23-11-18(20)19-16-12-24(21,22)17-8-3-2-7-15(16)17/h2-9,16H,10-12H2,1H3,(H,19,20)/t16-/m1/s1. The van der Waals surface area contributed by atoms with Gasteiger partial charge in [0.05, 0.1) is 22.4 Å². The Bertz CT molecular complexity index is 862. The quantitative estimate of drug-likeness (QED) is 0.889. The van der Waals surface area contributed by atoms with Crippen molar-refractivity contribution in [2.45, 2.75) is 23.6 Å². The summed E-state index contributed by atoms with van der Waals surface area (Å²) < 4.78 is 24.2. The summed E-state index contributed by atoms with van der Waals surface area (Å²) in [6.07, 6.45) is 0. The number of carbonyl (C=O) groups excluding carboxylic acids is 1. The molecule has 0 aliphatic carbocycles. The molecular weight excluding hydrogens is 342 g/mol. The zero-order chi connectivity index (χ0) is 17.2. The molecule has 0 spiro atoms. The topological polar surface area (TPSA) is 63.2 Å². The third-order valence-corrected chi connectivity index (χ3v) is 6.75. The van der Waals surface area contributed by atoms with E-state index in [2.05, 4.69) is 11.4 Å². The molecule has 24 heavy (non-hydrogen) atoms. The van der Waals surface area contributed by atoms with Crippen LogP contribution in [0.3, 0.4) is 0 Å². The Hall–Kier alpha value is -1.79. The lowest BCUT2D eigenvalue weighted by atomic mass is 10.1. The summed E-state index contributed by atoms with van der Waals surface area (Å²) in [5, 5.41) is 2.85. The Morgan fingerprint density at radius 2 is 2.00 bits per heavy atom. The van der Waals surface area contributed by atoms with Crippen molar-refractivity contribution < 1.29 is 13.2 Å². The van der Waals surface area contributed by atoms with E-state index in [9.17, 15) is 13.2 Å². The fourth-order valence-corrected chi connectivity index (χ4v) is 5.39. The molecule has 2 aromatic rings. The van der Waals surface area contributed by atoms with E-state index in [4.69, 9.17) is 0 Å². The highest BCUT2D eigenvalue weighted by Crippen LogP contribution is 2.32. The van der Waals surface area contributed by atoms with Crippen molar-refractivity contribution in [2.75, 3.05) is 11.5 Å². The van der Waals surface area contributed by atoms with Crippen molar-refractivity contribution in [2.24, 2.45) is 0 Å². The molecule has 0 bridgehead atoms. The van der Waals surface area contributed by atoms with Crippen LogP contribution in [0.5, 0.6) is 0 Å². The lowest BCUT2D eigenvalue weighted by molar-refractivity contribution is -0.119. The third kappa shape index (κ3) is 3.82. The number of sulfone groups is 1. The van der Waals surface area contributed by atoms with E-state index in [1.807, 2.05) is 25.1 Å². The largest absolute Gasteiger partial charge is 0.347 e. The number of thioether (sulfide) groups is 1. The average molecular weight is 361 g/mol. The highest BCUT2D eigenvalue weighted by molar-refractivity contribution is 7.99. The van der Waals surface area contributed by atoms with Crippen LogP contribution in [0.4, 0.5) is 0 Å². The first-order valence-electron chi connectivity index (χ1n) is 7.70. The van der Waals surface area contributed by atoms with Gasteiger partial charge in [-0.05, 0) is 24.1 Å². The van der Waals surface area contributed by atoms with E-state index in [-0.39, 0.29) is 11.7 Å². The van der Waals surface area contributed by atoms with Gasteiger partial charge in [0.1, 0.15) is 0 Å². The number of benzene rings is 2. The first-order valence-corrected chi connectivity index (χ1v) is 10.5. The molecule has 1 heterocycles. The molecule has 1 amide bonds. The number of hydrogen-bond acceptors (Lipinski definition) is 4. The molecule has 0 radical (unpaired) electrons. The Kier molecular flexibility index (Phi) is 4.96. The van der Waals surface area contributed by atoms with Crippen LogP contribution in [0.15, 0.2) is 53.4 Å². The van der Waals surface area contributed by atoms with Crippen LogP contribution in [-0.4, -0.2) is 25.8 Å². The summed E-state index contributed by atoms with van der Waals surface area (Å²) in [6.45, 7) is 2.04. The van der Waals surface area contributed by atoms with E-state index in [0.29, 0.717) is 16.2 Å². The molecule has 1 aliphatic heterocycles. The zero-order valence-corrected chi connectivity index (χ0v) is 15.0. The van der Waals surface area contributed by atoms with Crippen molar-refractivity contribution in [3.63, 3.8) is 0 Å². The van der Waals surface area contributed by atoms with E-state index in [1.165, 1.54) is 22.9 Å². The SMILES string of the molecule is Cc1cccc(CSCC(=O)N[C@@H]2CS(=O)(=O)c3ccccc32)c1. The zero-order valence-electron chi connectivity index (χ0n) is 13.4. The maximum Gasteiger partial charge on any atom is 0.230 e. The molecule has 2 aromatic carbocycles. The fraction of sp³-hybridized carbons (Fsp3) is 0.278. The molecular formula is C18H19NO3S2. The molecule has 0 saturated heterocycles. The van der Waals surface area contributed by atoms with Gasteiger partial charge in [0.2, 0.25) is 5.91 Å². The number of fused-ring (bicyclic) bond motifs is 1. The molecule has 126 valence electrons. The van der Waals surface area contributed by atoms with Gasteiger partial charge in [0.15, 0.2) is 9.84 Å². The lowest BCUT2D eigenvalue weighted by Gasteiger charge is -2.12. The molecule has 0 fully saturated rings. The summed E-state index contributed by atoms with van der Waals surface area (Å²) in [7, 11) is -3.29. The average Bonchev–Trinajstić information content (AvgIpc) is 2.79. The predicted molar refractivity (Wildman–Crippen MR) is 96.7 cm³/mol. The van der Waals surface area contributed by atoms with Gasteiger partial charge < -0.3 is 5.32 Å². The molecule has 1 atom stereocenters. The van der Waals surface area contributed by atoms with Crippen molar-refractivity contribution in [3.05, 3.63) is 65.2 Å². The molecule has 6 heteroatoms. The van der Waals surface area contributed by atoms with Gasteiger partial charge in [0, 0.05) is 5.75 Å². The van der Waals surface area contributed by atoms with Gasteiger partial charge in [-0.15, -0.1) is 11.8 Å². The Morgan fingerprint density at radius 1 is 1.21 bits per heavy atom. The first-order chi connectivity index (χ1) is 11.5. The number of hydrogen-bond donors (Lipinski definition) is 1. The first kappa shape index (κ1) is 17.0. The third-order valence-electron chi connectivity index (χ3n) is 3.94. The number of nitrogens with one attached hydrogen (secondary N) is 1. The lowest BCUT2D eigenvalue weighted by Crippen LogP contribution is -2.31. The monoisotopic (exact) mass is 361 g/mol. The number of amides is 1. The van der Waals surface area contributed by atoms with Crippen LogP contribution in [0.25, 0.3) is 0 Å². The minimum atomic E-state index is -3.29. The van der Waals surface area contributed by atoms with Gasteiger partial charge in [0.25, 0.3) is 0 Å². The fourth-order valence-electron chi connectivity index (χ4n) is 2.87. The number of rotatable bonds is 5. The van der Waals surface area contributed by atoms with Crippen LogP contribution in [0.2, 0.25) is 0 Å². The van der Waals surface area contributed by atoms with E-state index in [0.717, 1.165) is 5.75 Å². The van der Waals surface area contributed by atoms with Crippen LogP contribution in [0, 0.1) is 6.92 Å². The Labute approximate surface area is 146 Å². The van der Waals surface area contributed by atoms with Crippen molar-refractivity contribution in [3.8, 4) is 0 Å². The van der Waals surface area contributed by atoms with Crippen molar-refractivity contribution in [1.29, 1.82) is 0 Å². The molecule has 3 rings (SSSR count). The minimum absolute atomic E-state index is 0.0549. The molecule has 0 saturated carbocycles. The molecule has 1 N–H and O–H groups in total. The Morgan fingerprint density at radius 3 is 2.79 bits per heavy atom. The highest BCUT2D eigenvalue weighted by atomic mass is 32.2. The normalized spacial score (nSPS) is 18.1. The molecule has 4 nitrogen and oxygen atoms in total. The maximum absolute atomic E-state index is 12.2. The summed E-state index contributed by atoms with van der Waals surface area (Å²) in [4.78, 5) is 12.5. The minimum Gasteiger partial charge on any atom is -0.347 e. The molecule has 0 aromatic heterocycles. The number of carbonyl (C=O) groups is 1. The van der Waals surface area contributed by atoms with Gasteiger partial charge in [-0.1, -0.05) is 48.0 Å². The Balaban J connectivity index is 1.56. The van der Waals surface area contributed by atoms with E-state index in [1.54, 1.807) is 24.3 Å². The van der Waals surface area contributed by atoms with Crippen LogP contribution in [0.1, 0.15) is 22.7 Å². The van der Waals surface area contributed by atoms with Gasteiger partial charge in [-0.3, -0.25) is 4.79 Å². The van der Waals surface area contributed by atoms with Crippen LogP contribution >= 0.6 is 11.8 Å².